The van der Waals surface area contributed by atoms with Crippen LogP contribution in [0.15, 0.2) is 12.4 Å². The maximum atomic E-state index is 4.48. The molecule has 1 saturated heterocycles. The molecule has 2 fully saturated rings. The van der Waals surface area contributed by atoms with E-state index in [9.17, 15) is 0 Å². The first-order valence-electron chi connectivity index (χ1n) is 8.62. The van der Waals surface area contributed by atoms with Gasteiger partial charge in [-0.2, -0.15) is 0 Å². The molecule has 118 valence electrons. The second kappa shape index (κ2) is 6.09. The van der Waals surface area contributed by atoms with Crippen molar-refractivity contribution in [3.05, 3.63) is 18.2 Å². The minimum absolute atomic E-state index is 0.326. The van der Waals surface area contributed by atoms with E-state index in [0.29, 0.717) is 5.54 Å². The van der Waals surface area contributed by atoms with Crippen molar-refractivity contribution < 1.29 is 0 Å². The van der Waals surface area contributed by atoms with Crippen LogP contribution in [0.1, 0.15) is 45.4 Å². The van der Waals surface area contributed by atoms with E-state index in [1.807, 2.05) is 12.4 Å². The average Bonchev–Trinajstić information content (AvgIpc) is 3.27. The molecular weight excluding hydrogens is 260 g/mol. The normalized spacial score (nSPS) is 26.1. The van der Waals surface area contributed by atoms with Gasteiger partial charge >= 0.3 is 0 Å². The van der Waals surface area contributed by atoms with Crippen molar-refractivity contribution in [3.63, 3.8) is 0 Å². The lowest BCUT2D eigenvalue weighted by Crippen LogP contribution is -2.64. The fourth-order valence-corrected chi connectivity index (χ4v) is 3.81. The number of aryl methyl sites for hydroxylation is 1. The molecule has 0 amide bonds. The number of hydrogen-bond acceptors (Lipinski definition) is 3. The van der Waals surface area contributed by atoms with Crippen molar-refractivity contribution in [1.82, 2.24) is 19.8 Å². The molecule has 0 radical (unpaired) electrons. The second-order valence-corrected chi connectivity index (χ2v) is 6.95. The van der Waals surface area contributed by atoms with E-state index in [4.69, 9.17) is 0 Å². The largest absolute Gasteiger partial charge is 0.338 e. The molecule has 1 N–H and O–H groups in total. The first-order valence-corrected chi connectivity index (χ1v) is 8.62. The summed E-state index contributed by atoms with van der Waals surface area (Å²) in [5.41, 5.74) is 0.326. The van der Waals surface area contributed by atoms with Crippen LogP contribution in [0.4, 0.5) is 0 Å². The fourth-order valence-electron chi connectivity index (χ4n) is 3.81. The molecule has 2 heterocycles. The summed E-state index contributed by atoms with van der Waals surface area (Å²) in [4.78, 5) is 7.24. The summed E-state index contributed by atoms with van der Waals surface area (Å²) in [5, 5.41) is 3.88. The van der Waals surface area contributed by atoms with Crippen molar-refractivity contribution in [2.45, 2.75) is 57.5 Å². The predicted molar refractivity (Wildman–Crippen MR) is 86.3 cm³/mol. The summed E-state index contributed by atoms with van der Waals surface area (Å²) in [5.74, 6) is 2.15. The summed E-state index contributed by atoms with van der Waals surface area (Å²) in [7, 11) is 2.10. The zero-order valence-corrected chi connectivity index (χ0v) is 13.8. The summed E-state index contributed by atoms with van der Waals surface area (Å²) in [6, 6.07) is 0.747. The number of nitrogens with zero attached hydrogens (tertiary/aromatic N) is 3. The molecule has 1 unspecified atom stereocenters. The summed E-state index contributed by atoms with van der Waals surface area (Å²) in [6.07, 6.45) is 10.3. The van der Waals surface area contributed by atoms with Gasteiger partial charge in [0, 0.05) is 57.1 Å². The van der Waals surface area contributed by atoms with Gasteiger partial charge in [-0.15, -0.1) is 0 Å². The van der Waals surface area contributed by atoms with E-state index in [-0.39, 0.29) is 0 Å². The Hall–Kier alpha value is -0.870. The Kier molecular flexibility index (Phi) is 4.36. The van der Waals surface area contributed by atoms with E-state index < -0.39 is 0 Å². The van der Waals surface area contributed by atoms with Crippen LogP contribution in [-0.4, -0.2) is 45.7 Å². The summed E-state index contributed by atoms with van der Waals surface area (Å²) in [6.45, 7) is 8.17. The third-order valence-electron chi connectivity index (χ3n) is 5.72. The van der Waals surface area contributed by atoms with Gasteiger partial charge < -0.3 is 9.88 Å². The van der Waals surface area contributed by atoms with Crippen LogP contribution in [-0.2, 0) is 13.5 Å². The Labute approximate surface area is 128 Å². The summed E-state index contributed by atoms with van der Waals surface area (Å²) < 4.78 is 2.15. The third-order valence-corrected chi connectivity index (χ3v) is 5.72. The van der Waals surface area contributed by atoms with Crippen molar-refractivity contribution in [3.8, 4) is 0 Å². The highest BCUT2D eigenvalue weighted by atomic mass is 15.3. The van der Waals surface area contributed by atoms with Gasteiger partial charge in [0.05, 0.1) is 0 Å². The molecule has 4 nitrogen and oxygen atoms in total. The molecule has 0 aromatic carbocycles. The lowest BCUT2D eigenvalue weighted by molar-refractivity contribution is 0.0624. The first kappa shape index (κ1) is 15.0. The lowest BCUT2D eigenvalue weighted by atomic mass is 9.87. The number of piperazine rings is 1. The predicted octanol–water partition coefficient (Wildman–Crippen LogP) is 2.21. The van der Waals surface area contributed by atoms with E-state index in [1.54, 1.807) is 0 Å². The minimum atomic E-state index is 0.326. The highest BCUT2D eigenvalue weighted by molar-refractivity contribution is 5.02. The molecule has 1 atom stereocenters. The van der Waals surface area contributed by atoms with Crippen LogP contribution in [0.25, 0.3) is 0 Å². The van der Waals surface area contributed by atoms with Gasteiger partial charge in [0.15, 0.2) is 0 Å². The second-order valence-electron chi connectivity index (χ2n) is 6.95. The van der Waals surface area contributed by atoms with Crippen LogP contribution in [0.3, 0.4) is 0 Å². The molecule has 3 rings (SSSR count). The van der Waals surface area contributed by atoms with Gasteiger partial charge in [-0.3, -0.25) is 4.90 Å². The number of hydrogen-bond donors (Lipinski definition) is 1. The van der Waals surface area contributed by atoms with Gasteiger partial charge in [0.2, 0.25) is 0 Å². The molecule has 21 heavy (non-hydrogen) atoms. The number of aromatic nitrogens is 2. The molecule has 1 aliphatic carbocycles. The average molecular weight is 290 g/mol. The highest BCUT2D eigenvalue weighted by Gasteiger charge is 2.42. The molecule has 2 aliphatic rings. The van der Waals surface area contributed by atoms with Gasteiger partial charge in [0.25, 0.3) is 0 Å². The van der Waals surface area contributed by atoms with Gasteiger partial charge in [-0.25, -0.2) is 4.98 Å². The van der Waals surface area contributed by atoms with Gasteiger partial charge in [0.1, 0.15) is 5.82 Å². The SMILES string of the molecule is CCC1(CC)CN(CCc2nccn2C)C(C2CC2)CN1. The standard InChI is InChI=1S/C17H30N4/c1-4-17(5-2)13-21(15(12-19-17)14-6-7-14)10-8-16-18-9-11-20(16)3/h9,11,14-15,19H,4-8,10,12-13H2,1-3H3. The zero-order valence-electron chi connectivity index (χ0n) is 13.8. The Morgan fingerprint density at radius 3 is 2.67 bits per heavy atom. The van der Waals surface area contributed by atoms with Crippen molar-refractivity contribution in [2.24, 2.45) is 13.0 Å². The molecule has 1 aromatic rings. The highest BCUT2D eigenvalue weighted by Crippen LogP contribution is 2.38. The van der Waals surface area contributed by atoms with Crippen LogP contribution < -0.4 is 5.32 Å². The Bertz CT molecular complexity index is 459. The van der Waals surface area contributed by atoms with Crippen LogP contribution in [0.2, 0.25) is 0 Å². The fraction of sp³-hybridized carbons (Fsp3) is 0.824. The van der Waals surface area contributed by atoms with Gasteiger partial charge in [-0.05, 0) is 31.6 Å². The van der Waals surface area contributed by atoms with E-state index >= 15 is 0 Å². The summed E-state index contributed by atoms with van der Waals surface area (Å²) >= 11 is 0. The topological polar surface area (TPSA) is 33.1 Å². The van der Waals surface area contributed by atoms with Crippen LogP contribution in [0.5, 0.6) is 0 Å². The zero-order chi connectivity index (χ0) is 14.9. The molecule has 1 aliphatic heterocycles. The molecule has 0 bridgehead atoms. The molecule has 0 spiro atoms. The van der Waals surface area contributed by atoms with E-state index in [1.165, 1.54) is 44.6 Å². The van der Waals surface area contributed by atoms with E-state index in [2.05, 4.69) is 40.7 Å². The van der Waals surface area contributed by atoms with Crippen molar-refractivity contribution in [1.29, 1.82) is 0 Å². The number of rotatable bonds is 6. The Morgan fingerprint density at radius 1 is 1.33 bits per heavy atom. The molecular formula is C17H30N4. The molecule has 1 saturated carbocycles. The van der Waals surface area contributed by atoms with Crippen LogP contribution >= 0.6 is 0 Å². The third kappa shape index (κ3) is 3.16. The first-order chi connectivity index (χ1) is 10.2. The van der Waals surface area contributed by atoms with Crippen molar-refractivity contribution >= 4 is 0 Å². The van der Waals surface area contributed by atoms with Crippen molar-refractivity contribution in [2.75, 3.05) is 19.6 Å². The Balaban J connectivity index is 1.67. The monoisotopic (exact) mass is 290 g/mol. The van der Waals surface area contributed by atoms with Gasteiger partial charge in [-0.1, -0.05) is 13.8 Å². The maximum Gasteiger partial charge on any atom is 0.109 e. The van der Waals surface area contributed by atoms with E-state index in [0.717, 1.165) is 24.9 Å². The molecule has 1 aromatic heterocycles. The maximum absolute atomic E-state index is 4.48. The number of nitrogens with one attached hydrogen (secondary N) is 1. The quantitative estimate of drug-likeness (QED) is 0.872. The van der Waals surface area contributed by atoms with Crippen LogP contribution in [0, 0.1) is 5.92 Å². The molecule has 4 heteroatoms. The smallest absolute Gasteiger partial charge is 0.109 e. The lowest BCUT2D eigenvalue weighted by Gasteiger charge is -2.48. The number of imidazole rings is 1. The minimum Gasteiger partial charge on any atom is -0.338 e. The Morgan fingerprint density at radius 2 is 2.10 bits per heavy atom.